The summed E-state index contributed by atoms with van der Waals surface area (Å²) in [6.45, 7) is 0. The van der Waals surface area contributed by atoms with Gasteiger partial charge in [-0.25, -0.2) is 8.42 Å². The average molecular weight is 261 g/mol. The van der Waals surface area contributed by atoms with Crippen LogP contribution in [0.15, 0.2) is 41.3 Å². The van der Waals surface area contributed by atoms with Crippen molar-refractivity contribution >= 4 is 21.4 Å². The maximum atomic E-state index is 11.8. The second-order valence-corrected chi connectivity index (χ2v) is 5.43. The van der Waals surface area contributed by atoms with Gasteiger partial charge < -0.3 is 4.74 Å². The van der Waals surface area contributed by atoms with E-state index in [1.807, 2.05) is 0 Å². The molecule has 16 heavy (non-hydrogen) atoms. The molecule has 1 aromatic carbocycles. The van der Waals surface area contributed by atoms with Crippen LogP contribution >= 0.6 is 11.6 Å². The van der Waals surface area contributed by atoms with E-state index in [0.717, 1.165) is 0 Å². The zero-order valence-corrected chi connectivity index (χ0v) is 10.5. The summed E-state index contributed by atoms with van der Waals surface area (Å²) < 4.78 is 28.5. The number of hydrogen-bond donors (Lipinski definition) is 0. The van der Waals surface area contributed by atoms with Gasteiger partial charge in [0.05, 0.1) is 17.8 Å². The van der Waals surface area contributed by atoms with Gasteiger partial charge in [-0.2, -0.15) is 0 Å². The first-order chi connectivity index (χ1) is 7.60. The van der Waals surface area contributed by atoms with Crippen LogP contribution in [0.1, 0.15) is 0 Å². The number of alkyl halides is 1. The third-order valence-corrected chi connectivity index (χ3v) is 3.79. The van der Waals surface area contributed by atoms with Crippen molar-refractivity contribution in [3.8, 4) is 5.75 Å². The standard InChI is InChI=1S/C11H13ClO3S/c1-15-10-4-6-11(7-5-10)16(13,14)9-3-2-8-12/h2-7H,8-9H2,1H3. The van der Waals surface area contributed by atoms with Crippen molar-refractivity contribution in [2.45, 2.75) is 4.90 Å². The monoisotopic (exact) mass is 260 g/mol. The van der Waals surface area contributed by atoms with Gasteiger partial charge in [0.2, 0.25) is 0 Å². The molecule has 0 N–H and O–H groups in total. The number of rotatable bonds is 5. The van der Waals surface area contributed by atoms with E-state index >= 15 is 0 Å². The van der Waals surface area contributed by atoms with Crippen LogP contribution in [-0.2, 0) is 9.84 Å². The van der Waals surface area contributed by atoms with Gasteiger partial charge in [-0.05, 0) is 24.3 Å². The Kier molecular flexibility index (Phi) is 4.83. The van der Waals surface area contributed by atoms with Gasteiger partial charge in [0, 0.05) is 5.88 Å². The second-order valence-electron chi connectivity index (χ2n) is 3.08. The molecule has 0 amide bonds. The van der Waals surface area contributed by atoms with Gasteiger partial charge in [-0.1, -0.05) is 12.2 Å². The Bertz CT molecular complexity index is 449. The van der Waals surface area contributed by atoms with Crippen molar-refractivity contribution in [2.24, 2.45) is 0 Å². The van der Waals surface area contributed by atoms with Crippen LogP contribution in [0.5, 0.6) is 5.75 Å². The Hall–Kier alpha value is -1.00. The molecule has 0 bridgehead atoms. The molecule has 0 radical (unpaired) electrons. The van der Waals surface area contributed by atoms with Crippen molar-refractivity contribution in [2.75, 3.05) is 18.7 Å². The van der Waals surface area contributed by atoms with E-state index in [1.54, 1.807) is 24.3 Å². The van der Waals surface area contributed by atoms with Crippen LogP contribution in [0.4, 0.5) is 0 Å². The Morgan fingerprint density at radius 1 is 1.25 bits per heavy atom. The predicted molar refractivity (Wildman–Crippen MR) is 64.9 cm³/mol. The molecule has 0 spiro atoms. The Morgan fingerprint density at radius 2 is 1.88 bits per heavy atom. The smallest absolute Gasteiger partial charge is 0.181 e. The lowest BCUT2D eigenvalue weighted by Gasteiger charge is -2.03. The molecule has 0 aliphatic rings. The topological polar surface area (TPSA) is 43.4 Å². The van der Waals surface area contributed by atoms with Crippen molar-refractivity contribution in [3.63, 3.8) is 0 Å². The number of hydrogen-bond acceptors (Lipinski definition) is 3. The quantitative estimate of drug-likeness (QED) is 0.603. The molecule has 0 fully saturated rings. The number of halogens is 1. The van der Waals surface area contributed by atoms with Gasteiger partial charge in [0.25, 0.3) is 0 Å². The lowest BCUT2D eigenvalue weighted by atomic mass is 10.3. The minimum Gasteiger partial charge on any atom is -0.497 e. The van der Waals surface area contributed by atoms with Crippen LogP contribution in [0.25, 0.3) is 0 Å². The minimum absolute atomic E-state index is 0.0357. The molecule has 0 unspecified atom stereocenters. The molecule has 3 nitrogen and oxygen atoms in total. The summed E-state index contributed by atoms with van der Waals surface area (Å²) in [4.78, 5) is 0.285. The largest absolute Gasteiger partial charge is 0.497 e. The van der Waals surface area contributed by atoms with Crippen molar-refractivity contribution < 1.29 is 13.2 Å². The van der Waals surface area contributed by atoms with E-state index in [0.29, 0.717) is 11.6 Å². The predicted octanol–water partition coefficient (Wildman–Crippen LogP) is 2.26. The molecular weight excluding hydrogens is 248 g/mol. The molecule has 0 aromatic heterocycles. The van der Waals surface area contributed by atoms with Gasteiger partial charge in [0.15, 0.2) is 9.84 Å². The molecule has 5 heteroatoms. The molecule has 0 saturated carbocycles. The highest BCUT2D eigenvalue weighted by atomic mass is 35.5. The highest BCUT2D eigenvalue weighted by Crippen LogP contribution is 2.16. The fourth-order valence-corrected chi connectivity index (χ4v) is 2.40. The van der Waals surface area contributed by atoms with Crippen LogP contribution in [0.3, 0.4) is 0 Å². The fourth-order valence-electron chi connectivity index (χ4n) is 1.14. The molecule has 88 valence electrons. The fraction of sp³-hybridized carbons (Fsp3) is 0.273. The van der Waals surface area contributed by atoms with Crippen LogP contribution in [0.2, 0.25) is 0 Å². The van der Waals surface area contributed by atoms with Crippen LogP contribution < -0.4 is 4.74 Å². The van der Waals surface area contributed by atoms with Crippen molar-refractivity contribution in [1.82, 2.24) is 0 Å². The van der Waals surface area contributed by atoms with E-state index in [2.05, 4.69) is 0 Å². The molecule has 1 aromatic rings. The third-order valence-electron chi connectivity index (χ3n) is 1.99. The summed E-state index contributed by atoms with van der Waals surface area (Å²) in [5, 5.41) is 0. The number of methoxy groups -OCH3 is 1. The summed E-state index contributed by atoms with van der Waals surface area (Å²) >= 11 is 5.42. The molecule has 0 atom stereocenters. The highest BCUT2D eigenvalue weighted by molar-refractivity contribution is 7.91. The first-order valence-electron chi connectivity index (χ1n) is 4.68. The van der Waals surface area contributed by atoms with Crippen LogP contribution in [0, 0.1) is 0 Å². The van der Waals surface area contributed by atoms with Gasteiger partial charge >= 0.3 is 0 Å². The summed E-state index contributed by atoms with van der Waals surface area (Å²) in [6.07, 6.45) is 3.16. The maximum absolute atomic E-state index is 11.8. The third kappa shape index (κ3) is 3.54. The average Bonchev–Trinajstić information content (AvgIpc) is 2.29. The number of benzene rings is 1. The first kappa shape index (κ1) is 13.1. The second kappa shape index (κ2) is 5.92. The number of sulfone groups is 1. The molecule has 0 aliphatic carbocycles. The molecule has 0 saturated heterocycles. The zero-order chi connectivity index (χ0) is 12.0. The van der Waals surface area contributed by atoms with Crippen LogP contribution in [-0.4, -0.2) is 27.2 Å². The van der Waals surface area contributed by atoms with E-state index in [-0.39, 0.29) is 10.6 Å². The molecule has 1 rings (SSSR count). The molecule has 0 aliphatic heterocycles. The van der Waals surface area contributed by atoms with Gasteiger partial charge in [-0.3, -0.25) is 0 Å². The Morgan fingerprint density at radius 3 is 2.38 bits per heavy atom. The maximum Gasteiger partial charge on any atom is 0.181 e. The van der Waals surface area contributed by atoms with E-state index in [9.17, 15) is 8.42 Å². The molecule has 0 heterocycles. The SMILES string of the molecule is COc1ccc(S(=O)(=O)CC=CCCl)cc1. The van der Waals surface area contributed by atoms with Crippen molar-refractivity contribution in [1.29, 1.82) is 0 Å². The summed E-state index contributed by atoms with van der Waals surface area (Å²) in [7, 11) is -1.72. The first-order valence-corrected chi connectivity index (χ1v) is 6.86. The van der Waals surface area contributed by atoms with E-state index in [4.69, 9.17) is 16.3 Å². The summed E-state index contributed by atoms with van der Waals surface area (Å²) in [5.74, 6) is 0.916. The minimum atomic E-state index is -3.26. The van der Waals surface area contributed by atoms with Gasteiger partial charge in [-0.15, -0.1) is 11.6 Å². The normalized spacial score (nSPS) is 11.9. The Labute approximate surface area is 101 Å². The van der Waals surface area contributed by atoms with Gasteiger partial charge in [0.1, 0.15) is 5.75 Å². The zero-order valence-electron chi connectivity index (χ0n) is 8.89. The lowest BCUT2D eigenvalue weighted by Crippen LogP contribution is -2.04. The van der Waals surface area contributed by atoms with E-state index < -0.39 is 9.84 Å². The molecular formula is C11H13ClO3S. The lowest BCUT2D eigenvalue weighted by molar-refractivity contribution is 0.414. The van der Waals surface area contributed by atoms with E-state index in [1.165, 1.54) is 19.2 Å². The Balaban J connectivity index is 2.86. The number of ether oxygens (including phenoxy) is 1. The summed E-state index contributed by atoms with van der Waals surface area (Å²) in [5.41, 5.74) is 0. The number of allylic oxidation sites excluding steroid dienone is 1. The highest BCUT2D eigenvalue weighted by Gasteiger charge is 2.11. The summed E-state index contributed by atoms with van der Waals surface area (Å²) in [6, 6.07) is 6.31. The van der Waals surface area contributed by atoms with Crippen molar-refractivity contribution in [3.05, 3.63) is 36.4 Å².